The molecule has 1 rings (SSSR count). The molecule has 1 nitrogen and oxygen atoms in total. The van der Waals surface area contributed by atoms with Gasteiger partial charge in [0.2, 0.25) is 0 Å². The van der Waals surface area contributed by atoms with Crippen LogP contribution in [0.1, 0.15) is 6.42 Å². The van der Waals surface area contributed by atoms with Crippen molar-refractivity contribution < 1.29 is 0 Å². The first kappa shape index (κ1) is 6.14. The smallest absolute Gasteiger partial charge is 0.0355 e. The van der Waals surface area contributed by atoms with Crippen molar-refractivity contribution in [3.63, 3.8) is 0 Å². The number of nitrogens with one attached hydrogen (secondary N) is 1. The third kappa shape index (κ3) is 1.46. The second-order valence-corrected chi connectivity index (χ2v) is 2.23. The van der Waals surface area contributed by atoms with Gasteiger partial charge in [-0.2, -0.15) is 0 Å². The summed E-state index contributed by atoms with van der Waals surface area (Å²) in [5.74, 6) is 0. The van der Waals surface area contributed by atoms with Gasteiger partial charge >= 0.3 is 0 Å². The highest BCUT2D eigenvalue weighted by Gasteiger charge is 2.00. The average molecular weight is 121 g/mol. The fourth-order valence-corrected chi connectivity index (χ4v) is 0.860. The summed E-state index contributed by atoms with van der Waals surface area (Å²) >= 11 is 0. The van der Waals surface area contributed by atoms with E-state index < -0.39 is 0 Å². The van der Waals surface area contributed by atoms with E-state index in [1.165, 1.54) is 11.1 Å². The first-order valence-corrected chi connectivity index (χ1v) is 3.04. The van der Waals surface area contributed by atoms with Crippen molar-refractivity contribution in [2.24, 2.45) is 0 Å². The fraction of sp³-hybridized carbons (Fsp3) is 0.250. The van der Waals surface area contributed by atoms with Crippen LogP contribution in [0.5, 0.6) is 0 Å². The normalized spacial score (nSPS) is 18.2. The zero-order valence-corrected chi connectivity index (χ0v) is 5.48. The number of rotatable bonds is 1. The molecule has 0 unspecified atom stereocenters. The van der Waals surface area contributed by atoms with Crippen LogP contribution in [0.3, 0.4) is 0 Å². The molecule has 1 aliphatic rings. The SMILES string of the molecule is C=CC1=CNCC(=C)C1. The summed E-state index contributed by atoms with van der Waals surface area (Å²) in [4.78, 5) is 0. The Morgan fingerprint density at radius 3 is 2.89 bits per heavy atom. The maximum atomic E-state index is 3.86. The zero-order chi connectivity index (χ0) is 6.69. The Hall–Kier alpha value is -0.980. The minimum Gasteiger partial charge on any atom is -0.387 e. The third-order valence-electron chi connectivity index (χ3n) is 1.36. The molecule has 0 aromatic carbocycles. The van der Waals surface area contributed by atoms with E-state index in [9.17, 15) is 0 Å². The van der Waals surface area contributed by atoms with Gasteiger partial charge in [-0.3, -0.25) is 0 Å². The van der Waals surface area contributed by atoms with Gasteiger partial charge in [-0.1, -0.05) is 24.8 Å². The van der Waals surface area contributed by atoms with Crippen molar-refractivity contribution in [3.8, 4) is 0 Å². The Kier molecular flexibility index (Phi) is 1.73. The zero-order valence-electron chi connectivity index (χ0n) is 5.48. The van der Waals surface area contributed by atoms with E-state index >= 15 is 0 Å². The molecule has 0 spiro atoms. The van der Waals surface area contributed by atoms with E-state index in [0.29, 0.717) is 0 Å². The molecule has 0 fully saturated rings. The highest BCUT2D eigenvalue weighted by atomic mass is 14.8. The summed E-state index contributed by atoms with van der Waals surface area (Å²) in [5, 5.41) is 3.10. The second kappa shape index (κ2) is 2.53. The molecule has 48 valence electrons. The first-order valence-electron chi connectivity index (χ1n) is 3.04. The summed E-state index contributed by atoms with van der Waals surface area (Å²) in [6, 6.07) is 0. The van der Waals surface area contributed by atoms with Gasteiger partial charge in [-0.25, -0.2) is 0 Å². The molecule has 0 saturated carbocycles. The van der Waals surface area contributed by atoms with Crippen LogP contribution in [0, 0.1) is 0 Å². The van der Waals surface area contributed by atoms with E-state index in [1.807, 2.05) is 12.3 Å². The minimum absolute atomic E-state index is 0.914. The van der Waals surface area contributed by atoms with Gasteiger partial charge in [0.15, 0.2) is 0 Å². The van der Waals surface area contributed by atoms with Gasteiger partial charge in [0.25, 0.3) is 0 Å². The van der Waals surface area contributed by atoms with Crippen molar-refractivity contribution >= 4 is 0 Å². The van der Waals surface area contributed by atoms with Gasteiger partial charge in [-0.05, 0) is 12.0 Å². The number of hydrogen-bond acceptors (Lipinski definition) is 1. The Balaban J connectivity index is 2.63. The lowest BCUT2D eigenvalue weighted by molar-refractivity contribution is 0.853. The van der Waals surface area contributed by atoms with Gasteiger partial charge in [0, 0.05) is 12.7 Å². The Labute approximate surface area is 55.8 Å². The third-order valence-corrected chi connectivity index (χ3v) is 1.36. The topological polar surface area (TPSA) is 12.0 Å². The monoisotopic (exact) mass is 121 g/mol. The molecule has 1 heterocycles. The minimum atomic E-state index is 0.914. The molecule has 9 heavy (non-hydrogen) atoms. The highest BCUT2D eigenvalue weighted by molar-refractivity contribution is 5.26. The summed E-state index contributed by atoms with van der Waals surface area (Å²) in [5.41, 5.74) is 2.46. The van der Waals surface area contributed by atoms with Crippen LogP contribution < -0.4 is 5.32 Å². The molecule has 0 saturated heterocycles. The van der Waals surface area contributed by atoms with Crippen molar-refractivity contribution in [1.29, 1.82) is 0 Å². The van der Waals surface area contributed by atoms with E-state index in [4.69, 9.17) is 0 Å². The largest absolute Gasteiger partial charge is 0.387 e. The maximum absolute atomic E-state index is 3.86. The molecule has 1 aliphatic heterocycles. The van der Waals surface area contributed by atoms with E-state index in [-0.39, 0.29) is 0 Å². The second-order valence-electron chi connectivity index (χ2n) is 2.23. The van der Waals surface area contributed by atoms with Crippen LogP contribution in [0.4, 0.5) is 0 Å². The molecule has 0 amide bonds. The van der Waals surface area contributed by atoms with Gasteiger partial charge < -0.3 is 5.32 Å². The van der Waals surface area contributed by atoms with Crippen molar-refractivity contribution in [3.05, 3.63) is 36.6 Å². The summed E-state index contributed by atoms with van der Waals surface area (Å²) < 4.78 is 0. The van der Waals surface area contributed by atoms with E-state index in [0.717, 1.165) is 13.0 Å². The quantitative estimate of drug-likeness (QED) is 0.520. The predicted octanol–water partition coefficient (Wildman–Crippen LogP) is 1.61. The number of hydrogen-bond donors (Lipinski definition) is 1. The van der Waals surface area contributed by atoms with Crippen molar-refractivity contribution in [1.82, 2.24) is 5.32 Å². The molecule has 0 atom stereocenters. The van der Waals surface area contributed by atoms with Crippen molar-refractivity contribution in [2.45, 2.75) is 6.42 Å². The molecule has 1 heteroatoms. The number of allylic oxidation sites excluding steroid dienone is 2. The van der Waals surface area contributed by atoms with Crippen molar-refractivity contribution in [2.75, 3.05) is 6.54 Å². The average Bonchev–Trinajstić information content (AvgIpc) is 1.88. The van der Waals surface area contributed by atoms with E-state index in [2.05, 4.69) is 18.5 Å². The van der Waals surface area contributed by atoms with Crippen LogP contribution in [-0.2, 0) is 0 Å². The summed E-state index contributed by atoms with van der Waals surface area (Å²) in [6.45, 7) is 8.44. The molecule has 0 aromatic heterocycles. The fourth-order valence-electron chi connectivity index (χ4n) is 0.860. The molecule has 0 aliphatic carbocycles. The van der Waals surface area contributed by atoms with Gasteiger partial charge in [0.05, 0.1) is 0 Å². The molecule has 1 N–H and O–H groups in total. The summed E-state index contributed by atoms with van der Waals surface area (Å²) in [6.07, 6.45) is 4.83. The molecular formula is C8H11N. The summed E-state index contributed by atoms with van der Waals surface area (Å²) in [7, 11) is 0. The molecule has 0 aromatic rings. The Bertz CT molecular complexity index is 165. The van der Waals surface area contributed by atoms with Crippen LogP contribution >= 0.6 is 0 Å². The standard InChI is InChI=1S/C8H11N/c1-3-8-4-7(2)5-9-6-8/h3,6,9H,1-2,4-5H2. The lowest BCUT2D eigenvalue weighted by Gasteiger charge is -2.12. The Morgan fingerprint density at radius 2 is 2.44 bits per heavy atom. The van der Waals surface area contributed by atoms with Crippen LogP contribution in [0.15, 0.2) is 36.6 Å². The van der Waals surface area contributed by atoms with Gasteiger partial charge in [0.1, 0.15) is 0 Å². The van der Waals surface area contributed by atoms with Crippen LogP contribution in [-0.4, -0.2) is 6.54 Å². The lowest BCUT2D eigenvalue weighted by atomic mass is 10.1. The lowest BCUT2D eigenvalue weighted by Crippen LogP contribution is -2.15. The molecule has 0 bridgehead atoms. The highest BCUT2D eigenvalue weighted by Crippen LogP contribution is 2.11. The van der Waals surface area contributed by atoms with Gasteiger partial charge in [-0.15, -0.1) is 0 Å². The first-order chi connectivity index (χ1) is 4.33. The van der Waals surface area contributed by atoms with Crippen LogP contribution in [0.25, 0.3) is 0 Å². The Morgan fingerprint density at radius 1 is 1.67 bits per heavy atom. The van der Waals surface area contributed by atoms with Crippen LogP contribution in [0.2, 0.25) is 0 Å². The molecule has 0 radical (unpaired) electrons. The van der Waals surface area contributed by atoms with E-state index in [1.54, 1.807) is 0 Å². The predicted molar refractivity (Wildman–Crippen MR) is 40.0 cm³/mol. The molecular weight excluding hydrogens is 110 g/mol. The maximum Gasteiger partial charge on any atom is 0.0355 e.